The Balaban J connectivity index is 2.01. The second-order valence-corrected chi connectivity index (χ2v) is 6.48. The van der Waals surface area contributed by atoms with Crippen LogP contribution >= 0.6 is 0 Å². The van der Waals surface area contributed by atoms with Crippen LogP contribution in [-0.4, -0.2) is 22.5 Å². The predicted octanol–water partition coefficient (Wildman–Crippen LogP) is 2.59. The molecule has 0 aliphatic heterocycles. The Morgan fingerprint density at radius 3 is 2.57 bits per heavy atom. The van der Waals surface area contributed by atoms with Crippen LogP contribution in [0.25, 0.3) is 0 Å². The number of carbonyl (C=O) groups is 1. The van der Waals surface area contributed by atoms with E-state index < -0.39 is 11.4 Å². The predicted molar refractivity (Wildman–Crippen MR) is 108 cm³/mol. The van der Waals surface area contributed by atoms with Crippen molar-refractivity contribution in [2.24, 2.45) is 5.73 Å². The lowest BCUT2D eigenvalue weighted by Gasteiger charge is -2.33. The van der Waals surface area contributed by atoms with E-state index in [0.29, 0.717) is 25.3 Å². The van der Waals surface area contributed by atoms with E-state index >= 15 is 0 Å². The van der Waals surface area contributed by atoms with E-state index in [1.165, 1.54) is 0 Å². The van der Waals surface area contributed by atoms with Crippen molar-refractivity contribution < 1.29 is 9.53 Å². The third kappa shape index (κ3) is 4.53. The Hall–Kier alpha value is -3.25. The standard InChI is InChI=1S/C22H24N4O2/c1-2-28-20-7-3-6-19(13-20)22(21(23)27,14-17-8-11-24-12-9-17)26-16-18-5-4-10-25-15-18/h3-13,15,26H,2,14,16H2,1H3,(H2,23,27). The van der Waals surface area contributed by atoms with Crippen LogP contribution in [0.2, 0.25) is 0 Å². The Kier molecular flexibility index (Phi) is 6.34. The van der Waals surface area contributed by atoms with E-state index in [2.05, 4.69) is 15.3 Å². The van der Waals surface area contributed by atoms with Gasteiger partial charge >= 0.3 is 0 Å². The summed E-state index contributed by atoms with van der Waals surface area (Å²) in [6.07, 6.45) is 7.29. The van der Waals surface area contributed by atoms with Crippen molar-refractivity contribution >= 4 is 5.91 Å². The minimum Gasteiger partial charge on any atom is -0.494 e. The smallest absolute Gasteiger partial charge is 0.242 e. The molecule has 0 fully saturated rings. The lowest BCUT2D eigenvalue weighted by atomic mass is 9.82. The van der Waals surface area contributed by atoms with Gasteiger partial charge in [0.05, 0.1) is 6.61 Å². The summed E-state index contributed by atoms with van der Waals surface area (Å²) in [6.45, 7) is 2.91. The van der Waals surface area contributed by atoms with Crippen LogP contribution in [-0.2, 0) is 23.3 Å². The van der Waals surface area contributed by atoms with E-state index in [4.69, 9.17) is 10.5 Å². The number of ether oxygens (including phenoxy) is 1. The van der Waals surface area contributed by atoms with Gasteiger partial charge in [-0.25, -0.2) is 0 Å². The van der Waals surface area contributed by atoms with Crippen molar-refractivity contribution in [3.63, 3.8) is 0 Å². The second kappa shape index (κ2) is 9.10. The molecule has 0 saturated heterocycles. The van der Waals surface area contributed by atoms with E-state index in [-0.39, 0.29) is 0 Å². The van der Waals surface area contributed by atoms with Gasteiger partial charge in [-0.15, -0.1) is 0 Å². The molecule has 0 aliphatic carbocycles. The molecule has 3 N–H and O–H groups in total. The molecule has 1 aromatic carbocycles. The topological polar surface area (TPSA) is 90.1 Å². The molecule has 6 heteroatoms. The monoisotopic (exact) mass is 376 g/mol. The third-order valence-corrected chi connectivity index (χ3v) is 4.59. The molecule has 0 aliphatic rings. The molecule has 3 aromatic rings. The Labute approximate surface area is 164 Å². The highest BCUT2D eigenvalue weighted by Gasteiger charge is 2.38. The zero-order valence-electron chi connectivity index (χ0n) is 15.8. The summed E-state index contributed by atoms with van der Waals surface area (Å²) in [5, 5.41) is 3.39. The van der Waals surface area contributed by atoms with Crippen LogP contribution in [0.15, 0.2) is 73.3 Å². The number of nitrogens with zero attached hydrogens (tertiary/aromatic N) is 2. The minimum absolute atomic E-state index is 0.390. The zero-order chi connectivity index (χ0) is 19.8. The first-order valence-electron chi connectivity index (χ1n) is 9.20. The molecule has 6 nitrogen and oxygen atoms in total. The molecule has 1 atom stereocenters. The maximum atomic E-state index is 12.8. The van der Waals surface area contributed by atoms with Crippen LogP contribution in [0.3, 0.4) is 0 Å². The molecule has 2 aromatic heterocycles. The van der Waals surface area contributed by atoms with E-state index in [1.807, 2.05) is 55.5 Å². The van der Waals surface area contributed by atoms with E-state index in [9.17, 15) is 4.79 Å². The van der Waals surface area contributed by atoms with Crippen molar-refractivity contribution in [2.75, 3.05) is 6.61 Å². The van der Waals surface area contributed by atoms with Gasteiger partial charge in [0.25, 0.3) is 0 Å². The highest BCUT2D eigenvalue weighted by Crippen LogP contribution is 2.29. The lowest BCUT2D eigenvalue weighted by molar-refractivity contribution is -0.125. The minimum atomic E-state index is -1.11. The number of pyridine rings is 2. The quantitative estimate of drug-likeness (QED) is 0.599. The third-order valence-electron chi connectivity index (χ3n) is 4.59. The first-order valence-corrected chi connectivity index (χ1v) is 9.20. The molecule has 0 saturated carbocycles. The molecule has 28 heavy (non-hydrogen) atoms. The van der Waals surface area contributed by atoms with Crippen molar-refractivity contribution in [2.45, 2.75) is 25.4 Å². The van der Waals surface area contributed by atoms with Crippen molar-refractivity contribution in [3.05, 3.63) is 90.0 Å². The molecule has 1 amide bonds. The van der Waals surface area contributed by atoms with Crippen molar-refractivity contribution in [1.82, 2.24) is 15.3 Å². The van der Waals surface area contributed by atoms with Crippen LogP contribution in [0.4, 0.5) is 0 Å². The molecule has 2 heterocycles. The number of nitrogens with two attached hydrogens (primary N) is 1. The molecular weight excluding hydrogens is 352 g/mol. The van der Waals surface area contributed by atoms with Crippen LogP contribution in [0.1, 0.15) is 23.6 Å². The molecule has 3 rings (SSSR count). The summed E-state index contributed by atoms with van der Waals surface area (Å²) in [5.74, 6) is 0.241. The number of rotatable bonds is 9. The summed E-state index contributed by atoms with van der Waals surface area (Å²) in [6, 6.07) is 15.1. The van der Waals surface area contributed by atoms with Gasteiger partial charge < -0.3 is 10.5 Å². The van der Waals surface area contributed by atoms with Gasteiger partial charge in [0.15, 0.2) is 0 Å². The molecule has 144 valence electrons. The van der Waals surface area contributed by atoms with Gasteiger partial charge in [0.1, 0.15) is 11.3 Å². The largest absolute Gasteiger partial charge is 0.494 e. The number of primary amides is 1. The zero-order valence-corrected chi connectivity index (χ0v) is 15.8. The Bertz CT molecular complexity index is 903. The van der Waals surface area contributed by atoms with Crippen molar-refractivity contribution in [1.29, 1.82) is 0 Å². The number of carbonyl (C=O) groups excluding carboxylic acids is 1. The normalized spacial score (nSPS) is 12.9. The van der Waals surface area contributed by atoms with Crippen LogP contribution < -0.4 is 15.8 Å². The average molecular weight is 376 g/mol. The van der Waals surface area contributed by atoms with Crippen LogP contribution in [0.5, 0.6) is 5.75 Å². The fourth-order valence-corrected chi connectivity index (χ4v) is 3.16. The molecule has 1 unspecified atom stereocenters. The van der Waals surface area contributed by atoms with E-state index in [1.54, 1.807) is 24.8 Å². The number of hydrogen-bond acceptors (Lipinski definition) is 5. The molecule has 0 radical (unpaired) electrons. The first-order chi connectivity index (χ1) is 13.6. The summed E-state index contributed by atoms with van der Waals surface area (Å²) in [4.78, 5) is 21.0. The highest BCUT2D eigenvalue weighted by atomic mass is 16.5. The van der Waals surface area contributed by atoms with Gasteiger partial charge in [-0.1, -0.05) is 18.2 Å². The van der Waals surface area contributed by atoms with E-state index in [0.717, 1.165) is 16.7 Å². The molecular formula is C22H24N4O2. The number of benzene rings is 1. The van der Waals surface area contributed by atoms with Crippen molar-refractivity contribution in [3.8, 4) is 5.75 Å². The second-order valence-electron chi connectivity index (χ2n) is 6.48. The van der Waals surface area contributed by atoms with Gasteiger partial charge in [-0.3, -0.25) is 20.1 Å². The fourth-order valence-electron chi connectivity index (χ4n) is 3.16. The molecule has 0 spiro atoms. The van der Waals surface area contributed by atoms with Gasteiger partial charge in [-0.05, 0) is 53.9 Å². The highest BCUT2D eigenvalue weighted by molar-refractivity contribution is 5.86. The summed E-state index contributed by atoms with van der Waals surface area (Å²) >= 11 is 0. The average Bonchev–Trinajstić information content (AvgIpc) is 2.73. The SMILES string of the molecule is CCOc1cccc(C(Cc2ccncc2)(NCc2cccnc2)C(N)=O)c1. The maximum absolute atomic E-state index is 12.8. The Morgan fingerprint density at radius 1 is 1.07 bits per heavy atom. The fraction of sp³-hybridized carbons (Fsp3) is 0.227. The lowest BCUT2D eigenvalue weighted by Crippen LogP contribution is -2.54. The number of nitrogens with one attached hydrogen (secondary N) is 1. The number of hydrogen-bond donors (Lipinski definition) is 2. The Morgan fingerprint density at radius 2 is 1.89 bits per heavy atom. The summed E-state index contributed by atoms with van der Waals surface area (Å²) in [7, 11) is 0. The van der Waals surface area contributed by atoms with Gasteiger partial charge in [0, 0.05) is 37.8 Å². The summed E-state index contributed by atoms with van der Waals surface area (Å²) < 4.78 is 5.63. The maximum Gasteiger partial charge on any atom is 0.242 e. The van der Waals surface area contributed by atoms with Gasteiger partial charge in [-0.2, -0.15) is 0 Å². The number of aromatic nitrogens is 2. The first kappa shape index (κ1) is 19.5. The summed E-state index contributed by atoms with van der Waals surface area (Å²) in [5.41, 5.74) is 7.53. The molecule has 0 bridgehead atoms. The van der Waals surface area contributed by atoms with Crippen LogP contribution in [0, 0.1) is 0 Å². The number of amides is 1. The van der Waals surface area contributed by atoms with Gasteiger partial charge in [0.2, 0.25) is 5.91 Å².